The van der Waals surface area contributed by atoms with Crippen molar-refractivity contribution in [2.45, 2.75) is 51.5 Å². The van der Waals surface area contributed by atoms with Gasteiger partial charge in [-0.05, 0) is 36.8 Å². The third-order valence-electron chi connectivity index (χ3n) is 6.22. The summed E-state index contributed by atoms with van der Waals surface area (Å²) in [5.41, 5.74) is 5.24. The number of rotatable bonds is 6. The summed E-state index contributed by atoms with van der Waals surface area (Å²) < 4.78 is 7.61. The van der Waals surface area contributed by atoms with E-state index in [2.05, 4.69) is 78.6 Å². The SMILES string of the molecule is CN=C(NCC1(c2ccccc2C)CCOCC1)N(C)Cc1cn(C)nc1C(C)C.I. The van der Waals surface area contributed by atoms with Gasteiger partial charge in [-0.3, -0.25) is 9.67 Å². The second kappa shape index (κ2) is 11.3. The maximum atomic E-state index is 5.71. The number of aryl methyl sites for hydroxylation is 2. The van der Waals surface area contributed by atoms with Gasteiger partial charge in [0.25, 0.3) is 0 Å². The first-order chi connectivity index (χ1) is 14.4. The van der Waals surface area contributed by atoms with Crippen LogP contribution >= 0.6 is 24.0 Å². The minimum Gasteiger partial charge on any atom is -0.381 e. The van der Waals surface area contributed by atoms with E-state index in [9.17, 15) is 0 Å². The molecular formula is C24H38IN5O. The molecule has 2 heterocycles. The van der Waals surface area contributed by atoms with Crippen LogP contribution in [-0.2, 0) is 23.7 Å². The van der Waals surface area contributed by atoms with Gasteiger partial charge in [0.1, 0.15) is 0 Å². The molecular weight excluding hydrogens is 501 g/mol. The van der Waals surface area contributed by atoms with Crippen LogP contribution in [0.1, 0.15) is 55.0 Å². The highest BCUT2D eigenvalue weighted by atomic mass is 127. The van der Waals surface area contributed by atoms with Crippen molar-refractivity contribution in [2.75, 3.05) is 33.9 Å². The van der Waals surface area contributed by atoms with Crippen LogP contribution in [0.3, 0.4) is 0 Å². The summed E-state index contributed by atoms with van der Waals surface area (Å²) in [6.45, 7) is 9.83. The Hall–Kier alpha value is -1.61. The Kier molecular flexibility index (Phi) is 9.36. The Morgan fingerprint density at radius 2 is 1.97 bits per heavy atom. The van der Waals surface area contributed by atoms with E-state index in [1.165, 1.54) is 16.7 Å². The van der Waals surface area contributed by atoms with E-state index in [0.717, 1.165) is 50.8 Å². The Morgan fingerprint density at radius 1 is 1.29 bits per heavy atom. The molecule has 0 saturated carbocycles. The molecule has 0 amide bonds. The van der Waals surface area contributed by atoms with Gasteiger partial charge >= 0.3 is 0 Å². The number of ether oxygens (including phenoxy) is 1. The number of hydrogen-bond acceptors (Lipinski definition) is 3. The summed E-state index contributed by atoms with van der Waals surface area (Å²) in [7, 11) is 5.94. The second-order valence-corrected chi connectivity index (χ2v) is 8.83. The second-order valence-electron chi connectivity index (χ2n) is 8.83. The number of aliphatic imine (C=N–C) groups is 1. The highest BCUT2D eigenvalue weighted by Crippen LogP contribution is 2.36. The fourth-order valence-corrected chi connectivity index (χ4v) is 4.60. The lowest BCUT2D eigenvalue weighted by atomic mass is 9.72. The summed E-state index contributed by atoms with van der Waals surface area (Å²) in [6, 6.07) is 8.76. The van der Waals surface area contributed by atoms with Crippen LogP contribution < -0.4 is 5.32 Å². The number of guanidine groups is 1. The molecule has 6 nitrogen and oxygen atoms in total. The molecule has 7 heteroatoms. The molecule has 1 N–H and O–H groups in total. The quantitative estimate of drug-likeness (QED) is 0.339. The number of nitrogens with one attached hydrogen (secondary N) is 1. The van der Waals surface area contributed by atoms with E-state index in [1.54, 1.807) is 0 Å². The molecule has 1 aliphatic rings. The van der Waals surface area contributed by atoms with Crippen molar-refractivity contribution in [3.05, 3.63) is 52.8 Å². The summed E-state index contributed by atoms with van der Waals surface area (Å²) in [4.78, 5) is 6.76. The zero-order chi connectivity index (χ0) is 21.7. The zero-order valence-corrected chi connectivity index (χ0v) is 22.1. The van der Waals surface area contributed by atoms with Crippen molar-refractivity contribution < 1.29 is 4.74 Å². The fourth-order valence-electron chi connectivity index (χ4n) is 4.60. The maximum Gasteiger partial charge on any atom is 0.193 e. The van der Waals surface area contributed by atoms with Gasteiger partial charge in [-0.25, -0.2) is 0 Å². The molecule has 172 valence electrons. The van der Waals surface area contributed by atoms with Crippen molar-refractivity contribution in [2.24, 2.45) is 12.0 Å². The lowest BCUT2D eigenvalue weighted by molar-refractivity contribution is 0.0510. The van der Waals surface area contributed by atoms with Gasteiger partial charge in [-0.2, -0.15) is 5.10 Å². The molecule has 3 rings (SSSR count). The van der Waals surface area contributed by atoms with E-state index < -0.39 is 0 Å². The van der Waals surface area contributed by atoms with Gasteiger partial charge in [-0.1, -0.05) is 38.1 Å². The first-order valence-corrected chi connectivity index (χ1v) is 10.9. The number of benzene rings is 1. The normalized spacial score (nSPS) is 16.2. The molecule has 2 aromatic rings. The van der Waals surface area contributed by atoms with Crippen LogP contribution in [0.25, 0.3) is 0 Å². The van der Waals surface area contributed by atoms with Crippen molar-refractivity contribution >= 4 is 29.9 Å². The van der Waals surface area contributed by atoms with Crippen LogP contribution in [0.5, 0.6) is 0 Å². The van der Waals surface area contributed by atoms with Crippen LogP contribution in [0.4, 0.5) is 0 Å². The molecule has 0 atom stereocenters. The third-order valence-corrected chi connectivity index (χ3v) is 6.22. The summed E-state index contributed by atoms with van der Waals surface area (Å²) >= 11 is 0. The number of aromatic nitrogens is 2. The van der Waals surface area contributed by atoms with Crippen LogP contribution in [0, 0.1) is 6.92 Å². The number of halogens is 1. The molecule has 0 aliphatic carbocycles. The fraction of sp³-hybridized carbons (Fsp3) is 0.583. The molecule has 0 spiro atoms. The van der Waals surface area contributed by atoms with Crippen LogP contribution in [0.2, 0.25) is 0 Å². The largest absolute Gasteiger partial charge is 0.381 e. The average Bonchev–Trinajstić information content (AvgIpc) is 3.10. The lowest BCUT2D eigenvalue weighted by Crippen LogP contribution is -2.48. The number of hydrogen-bond donors (Lipinski definition) is 1. The predicted molar refractivity (Wildman–Crippen MR) is 138 cm³/mol. The summed E-state index contributed by atoms with van der Waals surface area (Å²) in [5, 5.41) is 8.32. The molecule has 1 aromatic heterocycles. The van der Waals surface area contributed by atoms with Gasteiger partial charge < -0.3 is 15.0 Å². The molecule has 1 fully saturated rings. The van der Waals surface area contributed by atoms with E-state index in [0.29, 0.717) is 5.92 Å². The van der Waals surface area contributed by atoms with Gasteiger partial charge in [0, 0.05) is 64.6 Å². The summed E-state index contributed by atoms with van der Waals surface area (Å²) in [5.74, 6) is 1.31. The van der Waals surface area contributed by atoms with Crippen molar-refractivity contribution in [1.29, 1.82) is 0 Å². The van der Waals surface area contributed by atoms with E-state index in [1.807, 2.05) is 18.8 Å². The molecule has 31 heavy (non-hydrogen) atoms. The summed E-state index contributed by atoms with van der Waals surface area (Å²) in [6.07, 6.45) is 4.16. The van der Waals surface area contributed by atoms with E-state index >= 15 is 0 Å². The minimum atomic E-state index is 0. The van der Waals surface area contributed by atoms with Crippen LogP contribution in [0.15, 0.2) is 35.5 Å². The van der Waals surface area contributed by atoms with Gasteiger partial charge in [0.05, 0.1) is 5.69 Å². The van der Waals surface area contributed by atoms with E-state index in [4.69, 9.17) is 4.74 Å². The van der Waals surface area contributed by atoms with Crippen molar-refractivity contribution in [1.82, 2.24) is 20.0 Å². The minimum absolute atomic E-state index is 0. The van der Waals surface area contributed by atoms with Crippen molar-refractivity contribution in [3.63, 3.8) is 0 Å². The molecule has 0 radical (unpaired) electrons. The highest BCUT2D eigenvalue weighted by Gasteiger charge is 2.35. The number of nitrogens with zero attached hydrogens (tertiary/aromatic N) is 4. The lowest BCUT2D eigenvalue weighted by Gasteiger charge is -2.39. The third kappa shape index (κ3) is 6.00. The average molecular weight is 540 g/mol. The molecule has 1 saturated heterocycles. The Labute approximate surface area is 204 Å². The Bertz CT molecular complexity index is 871. The Morgan fingerprint density at radius 3 is 2.58 bits per heavy atom. The molecule has 1 aromatic carbocycles. The van der Waals surface area contributed by atoms with Crippen molar-refractivity contribution in [3.8, 4) is 0 Å². The van der Waals surface area contributed by atoms with Gasteiger partial charge in [0.15, 0.2) is 5.96 Å². The first-order valence-electron chi connectivity index (χ1n) is 10.9. The molecule has 1 aliphatic heterocycles. The predicted octanol–water partition coefficient (Wildman–Crippen LogP) is 4.23. The van der Waals surface area contributed by atoms with E-state index in [-0.39, 0.29) is 29.4 Å². The standard InChI is InChI=1S/C24H37N5O.HI/c1-18(2)22-20(16-29(6)27-22)15-28(5)23(25-4)26-17-24(11-13-30-14-12-24)21-10-8-7-9-19(21)3;/h7-10,16,18H,11-15,17H2,1-6H3,(H,25,26);1H. The zero-order valence-electron chi connectivity index (χ0n) is 19.8. The van der Waals surface area contributed by atoms with Gasteiger partial charge in [0.2, 0.25) is 0 Å². The molecule has 0 bridgehead atoms. The topological polar surface area (TPSA) is 54.7 Å². The first kappa shape index (κ1) is 25.6. The maximum absolute atomic E-state index is 5.71. The van der Waals surface area contributed by atoms with Gasteiger partial charge in [-0.15, -0.1) is 24.0 Å². The molecule has 0 unspecified atom stereocenters. The Balaban J connectivity index is 0.00000341. The van der Waals surface area contributed by atoms with Crippen LogP contribution in [-0.4, -0.2) is 54.5 Å². The smallest absolute Gasteiger partial charge is 0.193 e. The highest BCUT2D eigenvalue weighted by molar-refractivity contribution is 14.0. The monoisotopic (exact) mass is 539 g/mol.